The Kier molecular flexibility index (Phi) is 4.79. The third-order valence-corrected chi connectivity index (χ3v) is 4.86. The summed E-state index contributed by atoms with van der Waals surface area (Å²) in [5.41, 5.74) is 1.18. The van der Waals surface area contributed by atoms with E-state index >= 15 is 0 Å². The van der Waals surface area contributed by atoms with Gasteiger partial charge in [0.2, 0.25) is 0 Å². The summed E-state index contributed by atoms with van der Waals surface area (Å²) in [6.07, 6.45) is -3.77. The Morgan fingerprint density at radius 2 is 1.84 bits per heavy atom. The maximum Gasteiger partial charge on any atom is 0.416 e. The van der Waals surface area contributed by atoms with E-state index < -0.39 is 11.7 Å². The molecular weight excluding hydrogens is 408 g/mol. The van der Waals surface area contributed by atoms with E-state index in [9.17, 15) is 13.2 Å². The highest BCUT2D eigenvalue weighted by molar-refractivity contribution is 14.1. The molecule has 2 aromatic rings. The van der Waals surface area contributed by atoms with Crippen molar-refractivity contribution >= 4 is 45.5 Å². The fraction of sp³-hybridized carbons (Fsp3) is 0.231. The molecule has 1 atom stereocenters. The third kappa shape index (κ3) is 4.10. The molecule has 0 saturated carbocycles. The van der Waals surface area contributed by atoms with Crippen molar-refractivity contribution in [1.29, 1.82) is 0 Å². The number of hydrogen-bond acceptors (Lipinski definition) is 1. The summed E-state index contributed by atoms with van der Waals surface area (Å²) in [6.45, 7) is 0. The molecule has 0 radical (unpaired) electrons. The molecule has 0 aliphatic rings. The molecule has 102 valence electrons. The lowest BCUT2D eigenvalue weighted by molar-refractivity contribution is -0.137. The van der Waals surface area contributed by atoms with Gasteiger partial charge in [0.05, 0.1) is 13.8 Å². The van der Waals surface area contributed by atoms with E-state index in [0.29, 0.717) is 6.42 Å². The molecule has 0 spiro atoms. The second-order valence-electron chi connectivity index (χ2n) is 4.05. The molecule has 0 N–H and O–H groups in total. The normalized spacial score (nSPS) is 13.5. The van der Waals surface area contributed by atoms with E-state index in [1.165, 1.54) is 12.1 Å². The molecule has 0 bridgehead atoms. The lowest BCUT2D eigenvalue weighted by atomic mass is 10.0. The Hall–Kier alpha value is -0.270. The predicted molar refractivity (Wildman–Crippen MR) is 80.8 cm³/mol. The van der Waals surface area contributed by atoms with Gasteiger partial charge in [0.1, 0.15) is 0 Å². The van der Waals surface area contributed by atoms with Crippen LogP contribution in [0.1, 0.15) is 22.1 Å². The number of alkyl halides is 4. The van der Waals surface area contributed by atoms with Crippen LogP contribution in [0.2, 0.25) is 0 Å². The van der Waals surface area contributed by atoms with Gasteiger partial charge in [-0.3, -0.25) is 0 Å². The Morgan fingerprint density at radius 3 is 2.32 bits per heavy atom. The average Bonchev–Trinajstić information content (AvgIpc) is 2.75. The third-order valence-electron chi connectivity index (χ3n) is 2.65. The van der Waals surface area contributed by atoms with Gasteiger partial charge in [0, 0.05) is 0 Å². The van der Waals surface area contributed by atoms with Crippen LogP contribution in [0.15, 0.2) is 35.7 Å². The highest BCUT2D eigenvalue weighted by atomic mass is 127. The molecule has 1 aromatic carbocycles. The van der Waals surface area contributed by atoms with Crippen molar-refractivity contribution in [3.63, 3.8) is 0 Å². The number of halogens is 5. The molecule has 2 rings (SSSR count). The molecule has 0 saturated heterocycles. The van der Waals surface area contributed by atoms with E-state index in [1.54, 1.807) is 11.3 Å². The second-order valence-corrected chi connectivity index (χ2v) is 7.38. The first-order valence-corrected chi connectivity index (χ1v) is 7.80. The van der Waals surface area contributed by atoms with Gasteiger partial charge in [0.25, 0.3) is 0 Å². The Labute approximate surface area is 131 Å². The average molecular weight is 417 g/mol. The highest BCUT2D eigenvalue weighted by Crippen LogP contribution is 2.32. The summed E-state index contributed by atoms with van der Waals surface area (Å²) >= 11 is 10.1. The number of rotatable bonds is 3. The van der Waals surface area contributed by atoms with Crippen LogP contribution in [0.4, 0.5) is 13.2 Å². The standard InChI is InChI=1S/C13H9ClF3IS/c14-11(9-6-12(18)19-7-9)5-8-1-3-10(4-2-8)13(15,16)17/h1-4,6-7,11H,5H2. The van der Waals surface area contributed by atoms with Crippen LogP contribution < -0.4 is 0 Å². The minimum atomic E-state index is -4.29. The van der Waals surface area contributed by atoms with Crippen molar-refractivity contribution in [1.82, 2.24) is 0 Å². The first kappa shape index (κ1) is 15.1. The Bertz CT molecular complexity index is 548. The van der Waals surface area contributed by atoms with Crippen molar-refractivity contribution < 1.29 is 13.2 Å². The SMILES string of the molecule is FC(F)(F)c1ccc(CC(Cl)c2csc(I)c2)cc1. The molecule has 0 aliphatic heterocycles. The van der Waals surface area contributed by atoms with Gasteiger partial charge in [-0.2, -0.15) is 13.2 Å². The van der Waals surface area contributed by atoms with Crippen LogP contribution in [0.25, 0.3) is 0 Å². The van der Waals surface area contributed by atoms with E-state index in [0.717, 1.165) is 26.1 Å². The van der Waals surface area contributed by atoms with Crippen molar-refractivity contribution in [3.05, 3.63) is 55.3 Å². The van der Waals surface area contributed by atoms with Crippen molar-refractivity contribution in [2.75, 3.05) is 0 Å². The first-order chi connectivity index (χ1) is 8.86. The van der Waals surface area contributed by atoms with Gasteiger partial charge in [-0.05, 0) is 63.7 Å². The lowest BCUT2D eigenvalue weighted by Crippen LogP contribution is -2.04. The van der Waals surface area contributed by atoms with Crippen LogP contribution in [-0.2, 0) is 12.6 Å². The highest BCUT2D eigenvalue weighted by Gasteiger charge is 2.29. The number of thiophene rings is 1. The number of hydrogen-bond donors (Lipinski definition) is 0. The zero-order chi connectivity index (χ0) is 14.0. The summed E-state index contributed by atoms with van der Waals surface area (Å²) < 4.78 is 38.4. The molecule has 0 aliphatic carbocycles. The maximum atomic E-state index is 12.4. The van der Waals surface area contributed by atoms with Gasteiger partial charge in [-0.25, -0.2) is 0 Å². The van der Waals surface area contributed by atoms with Crippen LogP contribution in [0, 0.1) is 2.88 Å². The maximum absolute atomic E-state index is 12.4. The molecule has 1 unspecified atom stereocenters. The van der Waals surface area contributed by atoms with Crippen molar-refractivity contribution in [2.24, 2.45) is 0 Å². The van der Waals surface area contributed by atoms with Crippen LogP contribution >= 0.6 is 45.5 Å². The minimum Gasteiger partial charge on any atom is -0.166 e. The summed E-state index contributed by atoms with van der Waals surface area (Å²) in [7, 11) is 0. The fourth-order valence-electron chi connectivity index (χ4n) is 1.64. The van der Waals surface area contributed by atoms with Crippen LogP contribution in [0.3, 0.4) is 0 Å². The molecule has 0 amide bonds. The van der Waals surface area contributed by atoms with E-state index in [1.807, 2.05) is 11.4 Å². The zero-order valence-electron chi connectivity index (χ0n) is 9.55. The summed E-state index contributed by atoms with van der Waals surface area (Å²) in [5.74, 6) is 0. The lowest BCUT2D eigenvalue weighted by Gasteiger charge is -2.10. The van der Waals surface area contributed by atoms with Crippen molar-refractivity contribution in [2.45, 2.75) is 18.0 Å². The van der Waals surface area contributed by atoms with Gasteiger partial charge in [-0.1, -0.05) is 12.1 Å². The van der Waals surface area contributed by atoms with E-state index in [4.69, 9.17) is 11.6 Å². The van der Waals surface area contributed by atoms with Crippen LogP contribution in [-0.4, -0.2) is 0 Å². The predicted octanol–water partition coefficient (Wildman–Crippen LogP) is 5.89. The van der Waals surface area contributed by atoms with Gasteiger partial charge < -0.3 is 0 Å². The topological polar surface area (TPSA) is 0 Å². The molecule has 1 aromatic heterocycles. The quantitative estimate of drug-likeness (QED) is 0.432. The molecular formula is C13H9ClF3IS. The fourth-order valence-corrected chi connectivity index (χ4v) is 3.45. The summed E-state index contributed by atoms with van der Waals surface area (Å²) in [6, 6.07) is 7.14. The minimum absolute atomic E-state index is 0.212. The monoisotopic (exact) mass is 416 g/mol. The second kappa shape index (κ2) is 6.01. The molecule has 1 heterocycles. The van der Waals surface area contributed by atoms with E-state index in [2.05, 4.69) is 22.6 Å². The Balaban J connectivity index is 2.07. The van der Waals surface area contributed by atoms with Gasteiger partial charge in [0.15, 0.2) is 0 Å². The molecule has 0 nitrogen and oxygen atoms in total. The molecule has 6 heteroatoms. The zero-order valence-corrected chi connectivity index (χ0v) is 13.3. The molecule has 0 fully saturated rings. The number of benzene rings is 1. The van der Waals surface area contributed by atoms with Gasteiger partial charge >= 0.3 is 6.18 Å². The smallest absolute Gasteiger partial charge is 0.166 e. The van der Waals surface area contributed by atoms with E-state index in [-0.39, 0.29) is 5.38 Å². The largest absolute Gasteiger partial charge is 0.416 e. The molecule has 19 heavy (non-hydrogen) atoms. The summed E-state index contributed by atoms with van der Waals surface area (Å²) in [5, 5.41) is 1.76. The van der Waals surface area contributed by atoms with Gasteiger partial charge in [-0.15, -0.1) is 22.9 Å². The summed E-state index contributed by atoms with van der Waals surface area (Å²) in [4.78, 5) is 0. The first-order valence-electron chi connectivity index (χ1n) is 5.40. The Morgan fingerprint density at radius 1 is 1.21 bits per heavy atom. The van der Waals surface area contributed by atoms with Crippen molar-refractivity contribution in [3.8, 4) is 0 Å². The van der Waals surface area contributed by atoms with Crippen LogP contribution in [0.5, 0.6) is 0 Å².